The van der Waals surface area contributed by atoms with Gasteiger partial charge in [0.2, 0.25) is 0 Å². The maximum absolute atomic E-state index is 13.0. The van der Waals surface area contributed by atoms with Crippen molar-refractivity contribution in [3.63, 3.8) is 0 Å². The molecule has 0 radical (unpaired) electrons. The van der Waals surface area contributed by atoms with Crippen molar-refractivity contribution in [2.75, 3.05) is 0 Å². The molecule has 0 bridgehead atoms. The zero-order valence-corrected chi connectivity index (χ0v) is 13.3. The second-order valence-electron chi connectivity index (χ2n) is 6.40. The fourth-order valence-electron chi connectivity index (χ4n) is 3.68. The Kier molecular flexibility index (Phi) is 5.96. The fraction of sp³-hybridized carbons (Fsp3) is 0.632. The summed E-state index contributed by atoms with van der Waals surface area (Å²) in [5.74, 6) is 1.35. The molecule has 1 aromatic rings. The average Bonchev–Trinajstić information content (AvgIpc) is 2.53. The van der Waals surface area contributed by atoms with E-state index in [1.165, 1.54) is 5.56 Å². The maximum Gasteiger partial charge on any atom is 0.139 e. The van der Waals surface area contributed by atoms with Gasteiger partial charge >= 0.3 is 0 Å². The van der Waals surface area contributed by atoms with Crippen molar-refractivity contribution in [2.24, 2.45) is 11.8 Å². The SMILES string of the molecule is CCCC(CC)C(=O)[C@H]1CC[C@H](c2ccc(F)cc2)CC1. The number of hydrogen-bond donors (Lipinski definition) is 0. The standard InChI is InChI=1S/C19H27FO/c1-3-5-14(4-2)19(21)17-8-6-15(7-9-17)16-10-12-18(20)13-11-16/h10-15,17H,3-9H2,1-2H3/t14?,15-,17-. The molecule has 1 unspecified atom stereocenters. The lowest BCUT2D eigenvalue weighted by Crippen LogP contribution is -2.27. The van der Waals surface area contributed by atoms with Gasteiger partial charge in [-0.2, -0.15) is 0 Å². The molecule has 0 N–H and O–H groups in total. The van der Waals surface area contributed by atoms with Crippen molar-refractivity contribution < 1.29 is 9.18 Å². The highest BCUT2D eigenvalue weighted by Crippen LogP contribution is 2.37. The summed E-state index contributed by atoms with van der Waals surface area (Å²) in [6.07, 6.45) is 7.23. The zero-order valence-electron chi connectivity index (χ0n) is 13.3. The Hall–Kier alpha value is -1.18. The number of rotatable bonds is 6. The molecule has 21 heavy (non-hydrogen) atoms. The van der Waals surface area contributed by atoms with E-state index in [0.29, 0.717) is 11.7 Å². The van der Waals surface area contributed by atoms with Gasteiger partial charge in [-0.05, 0) is 62.1 Å². The molecule has 0 spiro atoms. The summed E-state index contributed by atoms with van der Waals surface area (Å²) in [7, 11) is 0. The summed E-state index contributed by atoms with van der Waals surface area (Å²) in [6, 6.07) is 6.88. The number of benzene rings is 1. The Balaban J connectivity index is 1.90. The van der Waals surface area contributed by atoms with Crippen LogP contribution < -0.4 is 0 Å². The van der Waals surface area contributed by atoms with E-state index in [2.05, 4.69) is 13.8 Å². The van der Waals surface area contributed by atoms with Crippen molar-refractivity contribution in [1.82, 2.24) is 0 Å². The highest BCUT2D eigenvalue weighted by atomic mass is 19.1. The quantitative estimate of drug-likeness (QED) is 0.676. The van der Waals surface area contributed by atoms with Gasteiger partial charge in [0, 0.05) is 11.8 Å². The van der Waals surface area contributed by atoms with Crippen LogP contribution in [-0.4, -0.2) is 5.78 Å². The molecular formula is C19H27FO. The second kappa shape index (κ2) is 7.72. The summed E-state index contributed by atoms with van der Waals surface area (Å²) in [6.45, 7) is 4.28. The molecule has 1 nitrogen and oxygen atoms in total. The number of Topliss-reactive ketones (excluding diaryl/α,β-unsaturated/α-hetero) is 1. The predicted molar refractivity (Wildman–Crippen MR) is 84.8 cm³/mol. The van der Waals surface area contributed by atoms with Crippen LogP contribution in [0.25, 0.3) is 0 Å². The molecule has 0 aliphatic heterocycles. The van der Waals surface area contributed by atoms with Gasteiger partial charge in [0.25, 0.3) is 0 Å². The van der Waals surface area contributed by atoms with Gasteiger partial charge in [-0.3, -0.25) is 4.79 Å². The topological polar surface area (TPSA) is 17.1 Å². The highest BCUT2D eigenvalue weighted by molar-refractivity contribution is 5.83. The third-order valence-corrected chi connectivity index (χ3v) is 5.00. The molecule has 1 aliphatic carbocycles. The van der Waals surface area contributed by atoms with Gasteiger partial charge in [0.05, 0.1) is 0 Å². The first-order valence-electron chi connectivity index (χ1n) is 8.44. The molecular weight excluding hydrogens is 263 g/mol. The van der Waals surface area contributed by atoms with E-state index >= 15 is 0 Å². The summed E-state index contributed by atoms with van der Waals surface area (Å²) >= 11 is 0. The number of ketones is 1. The van der Waals surface area contributed by atoms with E-state index < -0.39 is 0 Å². The molecule has 1 saturated carbocycles. The van der Waals surface area contributed by atoms with E-state index in [-0.39, 0.29) is 17.7 Å². The number of carbonyl (C=O) groups is 1. The van der Waals surface area contributed by atoms with Crippen LogP contribution >= 0.6 is 0 Å². The van der Waals surface area contributed by atoms with Crippen molar-refractivity contribution >= 4 is 5.78 Å². The maximum atomic E-state index is 13.0. The van der Waals surface area contributed by atoms with Crippen LogP contribution in [0.5, 0.6) is 0 Å². The van der Waals surface area contributed by atoms with Gasteiger partial charge < -0.3 is 0 Å². The van der Waals surface area contributed by atoms with E-state index in [0.717, 1.165) is 44.9 Å². The van der Waals surface area contributed by atoms with Crippen LogP contribution in [-0.2, 0) is 4.79 Å². The average molecular weight is 290 g/mol. The first kappa shape index (κ1) is 16.2. The van der Waals surface area contributed by atoms with Crippen molar-refractivity contribution in [1.29, 1.82) is 0 Å². The van der Waals surface area contributed by atoms with Gasteiger partial charge in [0.1, 0.15) is 11.6 Å². The molecule has 1 aliphatic rings. The molecule has 2 rings (SSSR count). The summed E-state index contributed by atoms with van der Waals surface area (Å²) in [4.78, 5) is 12.6. The van der Waals surface area contributed by atoms with Gasteiger partial charge in [0.15, 0.2) is 0 Å². The lowest BCUT2D eigenvalue weighted by Gasteiger charge is -2.30. The molecule has 1 aromatic carbocycles. The highest BCUT2D eigenvalue weighted by Gasteiger charge is 2.30. The molecule has 116 valence electrons. The Morgan fingerprint density at radius 3 is 2.29 bits per heavy atom. The van der Waals surface area contributed by atoms with Gasteiger partial charge in [-0.15, -0.1) is 0 Å². The molecule has 0 aromatic heterocycles. The smallest absolute Gasteiger partial charge is 0.139 e. The van der Waals surface area contributed by atoms with E-state index in [1.807, 2.05) is 12.1 Å². The Labute approximate surface area is 127 Å². The number of hydrogen-bond acceptors (Lipinski definition) is 1. The molecule has 0 heterocycles. The van der Waals surface area contributed by atoms with Crippen LogP contribution in [0, 0.1) is 17.7 Å². The van der Waals surface area contributed by atoms with Crippen LogP contribution in [0.15, 0.2) is 24.3 Å². The Morgan fingerprint density at radius 2 is 1.76 bits per heavy atom. The Morgan fingerprint density at radius 1 is 1.14 bits per heavy atom. The molecule has 0 saturated heterocycles. The predicted octanol–water partition coefficient (Wildman–Crippen LogP) is 5.49. The first-order valence-corrected chi connectivity index (χ1v) is 8.44. The number of halogens is 1. The molecule has 0 amide bonds. The summed E-state index contributed by atoms with van der Waals surface area (Å²) in [5.41, 5.74) is 1.22. The third kappa shape index (κ3) is 4.15. The zero-order chi connectivity index (χ0) is 15.2. The van der Waals surface area contributed by atoms with E-state index in [4.69, 9.17) is 0 Å². The minimum absolute atomic E-state index is 0.173. The molecule has 1 fully saturated rings. The normalized spacial score (nSPS) is 23.8. The summed E-state index contributed by atoms with van der Waals surface area (Å²) < 4.78 is 13.0. The van der Waals surface area contributed by atoms with Crippen molar-refractivity contribution in [3.05, 3.63) is 35.6 Å². The van der Waals surface area contributed by atoms with Crippen LogP contribution in [0.1, 0.15) is 70.3 Å². The Bertz CT molecular complexity index is 443. The molecule has 2 heteroatoms. The van der Waals surface area contributed by atoms with E-state index in [9.17, 15) is 9.18 Å². The second-order valence-corrected chi connectivity index (χ2v) is 6.40. The van der Waals surface area contributed by atoms with Crippen LogP contribution in [0.4, 0.5) is 4.39 Å². The van der Waals surface area contributed by atoms with Crippen LogP contribution in [0.3, 0.4) is 0 Å². The van der Waals surface area contributed by atoms with Crippen molar-refractivity contribution in [2.45, 2.75) is 64.7 Å². The minimum Gasteiger partial charge on any atom is -0.299 e. The summed E-state index contributed by atoms with van der Waals surface area (Å²) in [5, 5.41) is 0. The lowest BCUT2D eigenvalue weighted by atomic mass is 9.74. The molecule has 1 atom stereocenters. The van der Waals surface area contributed by atoms with Gasteiger partial charge in [-0.25, -0.2) is 4.39 Å². The fourth-order valence-corrected chi connectivity index (χ4v) is 3.68. The monoisotopic (exact) mass is 290 g/mol. The number of carbonyl (C=O) groups excluding carboxylic acids is 1. The van der Waals surface area contributed by atoms with E-state index in [1.54, 1.807) is 12.1 Å². The van der Waals surface area contributed by atoms with Crippen LogP contribution in [0.2, 0.25) is 0 Å². The third-order valence-electron chi connectivity index (χ3n) is 5.00. The minimum atomic E-state index is -0.173. The first-order chi connectivity index (χ1) is 10.2. The van der Waals surface area contributed by atoms with Gasteiger partial charge in [-0.1, -0.05) is 32.4 Å². The largest absolute Gasteiger partial charge is 0.299 e. The van der Waals surface area contributed by atoms with Crippen molar-refractivity contribution in [3.8, 4) is 0 Å². The lowest BCUT2D eigenvalue weighted by molar-refractivity contribution is -0.128.